The smallest absolute Gasteiger partial charge is 0.338 e. The summed E-state index contributed by atoms with van der Waals surface area (Å²) in [5.41, 5.74) is 3.74. The lowest BCUT2D eigenvalue weighted by Gasteiger charge is -2.36. The molecule has 0 spiro atoms. The van der Waals surface area contributed by atoms with Gasteiger partial charge in [-0.1, -0.05) is 30.3 Å². The number of benzene rings is 2. The number of rotatable bonds is 6. The molecule has 1 fully saturated rings. The van der Waals surface area contributed by atoms with Crippen molar-refractivity contribution in [2.24, 2.45) is 0 Å². The first-order valence-electron chi connectivity index (χ1n) is 14.0. The zero-order valence-electron chi connectivity index (χ0n) is 22.7. The number of piperazine rings is 1. The van der Waals surface area contributed by atoms with Crippen LogP contribution in [0.15, 0.2) is 54.6 Å². The molecule has 1 aliphatic heterocycles. The van der Waals surface area contributed by atoms with Crippen LogP contribution < -0.4 is 10.2 Å². The summed E-state index contributed by atoms with van der Waals surface area (Å²) in [7, 11) is 0. The predicted octanol–water partition coefficient (Wildman–Crippen LogP) is 5.69. The Hall–Kier alpha value is -3.98. The number of amides is 2. The number of aromatic nitrogens is 2. The number of nitrogens with zero attached hydrogens (tertiary/aromatic N) is 4. The van der Waals surface area contributed by atoms with Crippen molar-refractivity contribution in [1.82, 2.24) is 14.9 Å². The zero-order chi connectivity index (χ0) is 27.5. The molecule has 206 valence electrons. The van der Waals surface area contributed by atoms with Crippen LogP contribution in [-0.2, 0) is 24.0 Å². The van der Waals surface area contributed by atoms with Gasteiger partial charge in [0.15, 0.2) is 0 Å². The Balaban J connectivity index is 1.18. The molecular weight excluding hydrogens is 522 g/mol. The van der Waals surface area contributed by atoms with Crippen molar-refractivity contribution >= 4 is 45.1 Å². The van der Waals surface area contributed by atoms with Gasteiger partial charge in [-0.25, -0.2) is 19.6 Å². The molecular formula is C31H33N5O3S. The molecule has 1 saturated heterocycles. The maximum Gasteiger partial charge on any atom is 0.338 e. The fourth-order valence-electron chi connectivity index (χ4n) is 5.50. The van der Waals surface area contributed by atoms with E-state index in [1.807, 2.05) is 22.3 Å². The van der Waals surface area contributed by atoms with Gasteiger partial charge in [0.2, 0.25) is 0 Å². The Labute approximate surface area is 238 Å². The number of aryl methyl sites for hydroxylation is 2. The molecule has 0 atom stereocenters. The van der Waals surface area contributed by atoms with Crippen molar-refractivity contribution in [2.75, 3.05) is 43.0 Å². The third kappa shape index (κ3) is 5.51. The first kappa shape index (κ1) is 26.3. The normalized spacial score (nSPS) is 15.1. The lowest BCUT2D eigenvalue weighted by Crippen LogP contribution is -2.50. The van der Waals surface area contributed by atoms with Crippen LogP contribution in [-0.4, -0.2) is 59.7 Å². The number of thiophene rings is 1. The maximum absolute atomic E-state index is 13.0. The van der Waals surface area contributed by atoms with Crippen molar-refractivity contribution in [1.29, 1.82) is 0 Å². The van der Waals surface area contributed by atoms with E-state index in [4.69, 9.17) is 14.7 Å². The molecule has 0 bridgehead atoms. The van der Waals surface area contributed by atoms with Crippen LogP contribution >= 0.6 is 11.3 Å². The highest BCUT2D eigenvalue weighted by atomic mass is 32.1. The highest BCUT2D eigenvalue weighted by Crippen LogP contribution is 2.40. The Morgan fingerprint density at radius 1 is 0.950 bits per heavy atom. The van der Waals surface area contributed by atoms with Gasteiger partial charge < -0.3 is 19.9 Å². The van der Waals surface area contributed by atoms with Gasteiger partial charge in [0, 0.05) is 43.2 Å². The van der Waals surface area contributed by atoms with E-state index in [-0.39, 0.29) is 12.0 Å². The van der Waals surface area contributed by atoms with E-state index in [0.29, 0.717) is 50.5 Å². The molecule has 0 unspecified atom stereocenters. The number of carbonyl (C=O) groups excluding carboxylic acids is 2. The molecule has 2 amide bonds. The molecule has 2 aromatic carbocycles. The quantitative estimate of drug-likeness (QED) is 0.308. The molecule has 6 rings (SSSR count). The largest absolute Gasteiger partial charge is 0.462 e. The second-order valence-electron chi connectivity index (χ2n) is 10.2. The third-order valence-electron chi connectivity index (χ3n) is 7.56. The number of ether oxygens (including phenoxy) is 1. The SMILES string of the molecule is CCOC(=O)c1ccc(NC(=O)N2CCN(c3nc(Cc4ccccc4)nc4sc5c(c34)CCCC5)CC2)cc1. The molecule has 9 heteroatoms. The summed E-state index contributed by atoms with van der Waals surface area (Å²) in [5.74, 6) is 1.50. The highest BCUT2D eigenvalue weighted by Gasteiger charge is 2.27. The molecule has 0 saturated carbocycles. The van der Waals surface area contributed by atoms with Crippen LogP contribution in [0.25, 0.3) is 10.2 Å². The number of hydrogen-bond donors (Lipinski definition) is 1. The van der Waals surface area contributed by atoms with E-state index in [1.165, 1.54) is 34.2 Å². The summed E-state index contributed by atoms with van der Waals surface area (Å²) >= 11 is 1.83. The summed E-state index contributed by atoms with van der Waals surface area (Å²) in [5, 5.41) is 4.18. The minimum atomic E-state index is -0.367. The maximum atomic E-state index is 13.0. The van der Waals surface area contributed by atoms with Crippen LogP contribution in [0.2, 0.25) is 0 Å². The van der Waals surface area contributed by atoms with Gasteiger partial charge in [0.25, 0.3) is 0 Å². The van der Waals surface area contributed by atoms with Gasteiger partial charge in [0.05, 0.1) is 17.6 Å². The molecule has 0 radical (unpaired) electrons. The number of nitrogens with one attached hydrogen (secondary N) is 1. The number of fused-ring (bicyclic) bond motifs is 3. The van der Waals surface area contributed by atoms with Crippen molar-refractivity contribution in [3.8, 4) is 0 Å². The van der Waals surface area contributed by atoms with E-state index in [9.17, 15) is 9.59 Å². The summed E-state index contributed by atoms with van der Waals surface area (Å²) in [4.78, 5) is 41.8. The van der Waals surface area contributed by atoms with E-state index < -0.39 is 0 Å². The van der Waals surface area contributed by atoms with Crippen LogP contribution in [0.5, 0.6) is 0 Å². The first-order chi connectivity index (χ1) is 19.6. The molecule has 1 aliphatic carbocycles. The Kier molecular flexibility index (Phi) is 7.64. The van der Waals surface area contributed by atoms with E-state index in [2.05, 4.69) is 34.5 Å². The second-order valence-corrected chi connectivity index (χ2v) is 11.3. The van der Waals surface area contributed by atoms with Crippen LogP contribution in [0.3, 0.4) is 0 Å². The predicted molar refractivity (Wildman–Crippen MR) is 159 cm³/mol. The minimum absolute atomic E-state index is 0.144. The molecule has 1 N–H and O–H groups in total. The number of anilines is 2. The van der Waals surface area contributed by atoms with Crippen LogP contribution in [0.1, 0.15) is 52.0 Å². The number of esters is 1. The fourth-order valence-corrected chi connectivity index (χ4v) is 6.77. The zero-order valence-corrected chi connectivity index (χ0v) is 23.5. The lowest BCUT2D eigenvalue weighted by atomic mass is 9.96. The molecule has 2 aliphatic rings. The van der Waals surface area contributed by atoms with Crippen molar-refractivity contribution in [2.45, 2.75) is 39.0 Å². The molecule has 8 nitrogen and oxygen atoms in total. The van der Waals surface area contributed by atoms with Gasteiger partial charge in [-0.15, -0.1) is 11.3 Å². The summed E-state index contributed by atoms with van der Waals surface area (Å²) < 4.78 is 5.03. The number of urea groups is 1. The molecule has 2 aromatic heterocycles. The minimum Gasteiger partial charge on any atom is -0.462 e. The van der Waals surface area contributed by atoms with Gasteiger partial charge in [-0.3, -0.25) is 0 Å². The van der Waals surface area contributed by atoms with Crippen molar-refractivity contribution in [3.05, 3.63) is 82.0 Å². The number of carbonyl (C=O) groups is 2. The van der Waals surface area contributed by atoms with Crippen molar-refractivity contribution in [3.63, 3.8) is 0 Å². The van der Waals surface area contributed by atoms with E-state index >= 15 is 0 Å². The highest BCUT2D eigenvalue weighted by molar-refractivity contribution is 7.19. The summed E-state index contributed by atoms with van der Waals surface area (Å²) in [6.07, 6.45) is 5.35. The third-order valence-corrected chi connectivity index (χ3v) is 8.75. The fraction of sp³-hybridized carbons (Fsp3) is 0.355. The monoisotopic (exact) mass is 555 g/mol. The van der Waals surface area contributed by atoms with E-state index in [0.717, 1.165) is 29.3 Å². The Bertz CT molecular complexity index is 1510. The molecule has 4 aromatic rings. The Morgan fingerprint density at radius 3 is 2.45 bits per heavy atom. The average molecular weight is 556 g/mol. The summed E-state index contributed by atoms with van der Waals surface area (Å²) in [6, 6.07) is 17.0. The van der Waals surface area contributed by atoms with Crippen molar-refractivity contribution < 1.29 is 14.3 Å². The standard InChI is InChI=1S/C31H33N5O3S/c1-2-39-30(37)22-12-14-23(15-13-22)32-31(38)36-18-16-35(17-19-36)28-27-24-10-6-7-11-25(24)40-29(27)34-26(33-28)20-21-8-4-3-5-9-21/h3-5,8-9,12-15H,2,6-7,10-11,16-20H2,1H3,(H,32,38). The van der Waals surface area contributed by atoms with Gasteiger partial charge in [0.1, 0.15) is 16.5 Å². The van der Waals surface area contributed by atoms with Gasteiger partial charge in [-0.2, -0.15) is 0 Å². The van der Waals surface area contributed by atoms with Gasteiger partial charge >= 0.3 is 12.0 Å². The second kappa shape index (κ2) is 11.6. The van der Waals surface area contributed by atoms with Crippen LogP contribution in [0.4, 0.5) is 16.3 Å². The summed E-state index contributed by atoms with van der Waals surface area (Å²) in [6.45, 7) is 4.70. The van der Waals surface area contributed by atoms with E-state index in [1.54, 1.807) is 31.2 Å². The molecule has 3 heterocycles. The van der Waals surface area contributed by atoms with Crippen LogP contribution in [0, 0.1) is 0 Å². The Morgan fingerprint density at radius 2 is 1.70 bits per heavy atom. The average Bonchev–Trinajstić information content (AvgIpc) is 3.36. The number of hydrogen-bond acceptors (Lipinski definition) is 7. The first-order valence-corrected chi connectivity index (χ1v) is 14.8. The molecule has 40 heavy (non-hydrogen) atoms. The van der Waals surface area contributed by atoms with Gasteiger partial charge in [-0.05, 0) is 68.0 Å². The topological polar surface area (TPSA) is 87.7 Å². The lowest BCUT2D eigenvalue weighted by molar-refractivity contribution is 0.0526.